The predicted octanol–water partition coefficient (Wildman–Crippen LogP) is 1.29. The van der Waals surface area contributed by atoms with Gasteiger partial charge in [0.15, 0.2) is 0 Å². The topological polar surface area (TPSA) is 48.5 Å². The summed E-state index contributed by atoms with van der Waals surface area (Å²) in [4.78, 5) is 20.7. The Hall–Kier alpha value is -1.62. The van der Waals surface area contributed by atoms with E-state index < -0.39 is 0 Å². The molecule has 0 unspecified atom stereocenters. The molecule has 0 saturated carbocycles. The lowest BCUT2D eigenvalue weighted by Crippen LogP contribution is -2.35. The van der Waals surface area contributed by atoms with Gasteiger partial charge in [-0.25, -0.2) is 4.98 Å². The summed E-state index contributed by atoms with van der Waals surface area (Å²) in [7, 11) is 3.64. The molecule has 0 bridgehead atoms. The van der Waals surface area contributed by atoms with Crippen molar-refractivity contribution in [3.63, 3.8) is 0 Å². The number of aromatic nitrogens is 1. The third-order valence-electron chi connectivity index (χ3n) is 3.52. The molecule has 1 fully saturated rings. The summed E-state index contributed by atoms with van der Waals surface area (Å²) in [6.07, 6.45) is 2.56. The van der Waals surface area contributed by atoms with Gasteiger partial charge in [-0.1, -0.05) is 6.07 Å². The molecule has 0 aromatic carbocycles. The number of likely N-dealkylation sites (tertiary alicyclic amines) is 1. The first-order chi connectivity index (χ1) is 9.20. The fourth-order valence-electron chi connectivity index (χ4n) is 2.29. The van der Waals surface area contributed by atoms with Crippen LogP contribution >= 0.6 is 0 Å². The van der Waals surface area contributed by atoms with Crippen molar-refractivity contribution in [2.75, 3.05) is 45.6 Å². The number of rotatable bonds is 5. The van der Waals surface area contributed by atoms with Crippen molar-refractivity contribution in [1.29, 1.82) is 0 Å². The van der Waals surface area contributed by atoms with Gasteiger partial charge in [0.1, 0.15) is 11.5 Å². The van der Waals surface area contributed by atoms with Crippen LogP contribution < -0.4 is 5.32 Å². The zero-order chi connectivity index (χ0) is 13.7. The van der Waals surface area contributed by atoms with Gasteiger partial charge in [0.25, 0.3) is 5.91 Å². The van der Waals surface area contributed by atoms with Crippen molar-refractivity contribution in [3.05, 3.63) is 23.9 Å². The third kappa shape index (κ3) is 3.67. The van der Waals surface area contributed by atoms with Crippen LogP contribution in [0.5, 0.6) is 0 Å². The zero-order valence-electron chi connectivity index (χ0n) is 11.7. The summed E-state index contributed by atoms with van der Waals surface area (Å²) in [6.45, 7) is 4.03. The lowest BCUT2D eigenvalue weighted by atomic mass is 10.3. The maximum atomic E-state index is 12.2. The normalized spacial score (nSPS) is 15.5. The van der Waals surface area contributed by atoms with Crippen LogP contribution in [0.4, 0.5) is 5.82 Å². The van der Waals surface area contributed by atoms with E-state index in [2.05, 4.69) is 15.2 Å². The molecular formula is C14H22N4O. The number of likely N-dealkylation sites (N-methyl/N-ethyl adjacent to an activating group) is 1. The summed E-state index contributed by atoms with van der Waals surface area (Å²) in [5.41, 5.74) is 0.496. The molecule has 1 saturated heterocycles. The molecule has 0 radical (unpaired) electrons. The molecule has 1 aromatic rings. The van der Waals surface area contributed by atoms with E-state index in [-0.39, 0.29) is 5.91 Å². The maximum absolute atomic E-state index is 12.2. The molecule has 5 nitrogen and oxygen atoms in total. The summed E-state index contributed by atoms with van der Waals surface area (Å²) in [5.74, 6) is 0.704. The van der Waals surface area contributed by atoms with Gasteiger partial charge < -0.3 is 15.1 Å². The average molecular weight is 262 g/mol. The molecule has 104 valence electrons. The van der Waals surface area contributed by atoms with Crippen LogP contribution in [0.15, 0.2) is 18.2 Å². The van der Waals surface area contributed by atoms with Gasteiger partial charge >= 0.3 is 0 Å². The van der Waals surface area contributed by atoms with E-state index in [0.717, 1.165) is 32.0 Å². The van der Waals surface area contributed by atoms with Crippen LogP contribution in [-0.4, -0.2) is 61.0 Å². The number of anilines is 1. The van der Waals surface area contributed by atoms with E-state index in [4.69, 9.17) is 0 Å². The molecule has 2 heterocycles. The fraction of sp³-hybridized carbons (Fsp3) is 0.571. The highest BCUT2D eigenvalue weighted by atomic mass is 16.2. The molecule has 1 N–H and O–H groups in total. The molecule has 0 spiro atoms. The number of nitrogens with one attached hydrogen (secondary N) is 1. The Balaban J connectivity index is 1.90. The number of amides is 1. The van der Waals surface area contributed by atoms with Crippen molar-refractivity contribution in [1.82, 2.24) is 14.8 Å². The van der Waals surface area contributed by atoms with Crippen molar-refractivity contribution in [3.8, 4) is 0 Å². The van der Waals surface area contributed by atoms with Crippen LogP contribution in [0.2, 0.25) is 0 Å². The maximum Gasteiger partial charge on any atom is 0.272 e. The number of carbonyl (C=O) groups is 1. The number of carbonyl (C=O) groups excluding carboxylic acids is 1. The molecule has 0 aliphatic carbocycles. The molecule has 19 heavy (non-hydrogen) atoms. The van der Waals surface area contributed by atoms with Crippen LogP contribution in [0, 0.1) is 0 Å². The molecule has 1 amide bonds. The van der Waals surface area contributed by atoms with Crippen LogP contribution in [0.1, 0.15) is 23.3 Å². The first-order valence-corrected chi connectivity index (χ1v) is 6.83. The number of nitrogens with zero attached hydrogens (tertiary/aromatic N) is 3. The van der Waals surface area contributed by atoms with Gasteiger partial charge in [-0.05, 0) is 38.1 Å². The predicted molar refractivity (Wildman–Crippen MR) is 76.4 cm³/mol. The second-order valence-corrected chi connectivity index (χ2v) is 4.93. The first kappa shape index (κ1) is 13.8. The second-order valence-electron chi connectivity index (χ2n) is 4.93. The van der Waals surface area contributed by atoms with E-state index in [1.54, 1.807) is 18.0 Å². The first-order valence-electron chi connectivity index (χ1n) is 6.83. The van der Waals surface area contributed by atoms with Gasteiger partial charge in [-0.2, -0.15) is 0 Å². The van der Waals surface area contributed by atoms with Gasteiger partial charge in [0, 0.05) is 27.2 Å². The number of pyridine rings is 1. The van der Waals surface area contributed by atoms with Crippen LogP contribution in [0.25, 0.3) is 0 Å². The number of hydrogen-bond donors (Lipinski definition) is 1. The minimum Gasteiger partial charge on any atom is -0.373 e. The Morgan fingerprint density at radius 2 is 2.16 bits per heavy atom. The standard InChI is InChI=1S/C14H22N4O/c1-15-13-7-5-6-12(16-13)14(19)17(2)10-11-18-8-3-4-9-18/h5-7H,3-4,8-11H2,1-2H3,(H,15,16). The quantitative estimate of drug-likeness (QED) is 0.868. The molecule has 1 aromatic heterocycles. The van der Waals surface area contributed by atoms with E-state index in [0.29, 0.717) is 5.69 Å². The van der Waals surface area contributed by atoms with Gasteiger partial charge in [-0.15, -0.1) is 0 Å². The smallest absolute Gasteiger partial charge is 0.272 e. The molecule has 0 atom stereocenters. The van der Waals surface area contributed by atoms with Crippen LogP contribution in [0.3, 0.4) is 0 Å². The van der Waals surface area contributed by atoms with E-state index in [1.165, 1.54) is 12.8 Å². The van der Waals surface area contributed by atoms with Crippen molar-refractivity contribution in [2.24, 2.45) is 0 Å². The number of hydrogen-bond acceptors (Lipinski definition) is 4. The van der Waals surface area contributed by atoms with Crippen molar-refractivity contribution in [2.45, 2.75) is 12.8 Å². The third-order valence-corrected chi connectivity index (χ3v) is 3.52. The lowest BCUT2D eigenvalue weighted by molar-refractivity contribution is 0.0776. The van der Waals surface area contributed by atoms with Gasteiger partial charge in [-0.3, -0.25) is 4.79 Å². The highest BCUT2D eigenvalue weighted by Crippen LogP contribution is 2.08. The highest BCUT2D eigenvalue weighted by molar-refractivity contribution is 5.92. The lowest BCUT2D eigenvalue weighted by Gasteiger charge is -2.21. The Morgan fingerprint density at radius 3 is 2.84 bits per heavy atom. The fourth-order valence-corrected chi connectivity index (χ4v) is 2.29. The Morgan fingerprint density at radius 1 is 1.42 bits per heavy atom. The molecular weight excluding hydrogens is 240 g/mol. The van der Waals surface area contributed by atoms with Gasteiger partial charge in [0.2, 0.25) is 0 Å². The molecule has 2 rings (SSSR count). The van der Waals surface area contributed by atoms with Crippen molar-refractivity contribution < 1.29 is 4.79 Å². The highest BCUT2D eigenvalue weighted by Gasteiger charge is 2.16. The minimum absolute atomic E-state index is 0.0173. The molecule has 1 aliphatic rings. The Labute approximate surface area is 114 Å². The summed E-state index contributed by atoms with van der Waals surface area (Å²) in [6, 6.07) is 5.46. The van der Waals surface area contributed by atoms with Gasteiger partial charge in [0.05, 0.1) is 0 Å². The second kappa shape index (κ2) is 6.52. The SMILES string of the molecule is CNc1cccc(C(=O)N(C)CCN2CCCC2)n1. The summed E-state index contributed by atoms with van der Waals surface area (Å²) in [5, 5.41) is 2.95. The van der Waals surface area contributed by atoms with Crippen molar-refractivity contribution >= 4 is 11.7 Å². The van der Waals surface area contributed by atoms with E-state index >= 15 is 0 Å². The average Bonchev–Trinajstić information content (AvgIpc) is 2.97. The zero-order valence-corrected chi connectivity index (χ0v) is 11.7. The van der Waals surface area contributed by atoms with E-state index in [9.17, 15) is 4.79 Å². The van der Waals surface area contributed by atoms with E-state index in [1.807, 2.05) is 19.2 Å². The minimum atomic E-state index is -0.0173. The summed E-state index contributed by atoms with van der Waals surface area (Å²) >= 11 is 0. The Kier molecular flexibility index (Phi) is 4.74. The Bertz CT molecular complexity index is 429. The summed E-state index contributed by atoms with van der Waals surface area (Å²) < 4.78 is 0. The monoisotopic (exact) mass is 262 g/mol. The van der Waals surface area contributed by atoms with Crippen LogP contribution in [-0.2, 0) is 0 Å². The molecule has 5 heteroatoms. The molecule has 1 aliphatic heterocycles. The largest absolute Gasteiger partial charge is 0.373 e.